The quantitative estimate of drug-likeness (QED) is 0.142. The van der Waals surface area contributed by atoms with Crippen LogP contribution in [0.1, 0.15) is 113 Å². The van der Waals surface area contributed by atoms with Gasteiger partial charge < -0.3 is 19.1 Å². The maximum absolute atomic E-state index is 9.92. The summed E-state index contributed by atoms with van der Waals surface area (Å²) in [6.07, 6.45) is 4.42. The SMILES string of the molecule is [2H]C([2H])([2H])c1cnc(-c2[c-]c(Oc3[c-]c(-c4cc(-c5ccc(-c6ccc(C7([2H])CC(C)(C)C(C)(C)C(C)(C)C7)cc6C)cc5C)c(C)cn4)c4oc5c6ccccc6ccc5c4c3)c(C([2H])([2H])[2H])c(-c3ccccc3)c2)cc1C([2H])([2H])[2H].[Pt+2]. The molecule has 0 atom stereocenters. The summed E-state index contributed by atoms with van der Waals surface area (Å²) in [5.41, 5.74) is 10.4. The number of benzene rings is 7. The van der Waals surface area contributed by atoms with Gasteiger partial charge in [-0.25, -0.2) is 0 Å². The molecule has 1 saturated carbocycles. The largest absolute Gasteiger partial charge is 2.00 e. The van der Waals surface area contributed by atoms with E-state index < -0.39 is 37.6 Å². The molecule has 0 amide bonds. The van der Waals surface area contributed by atoms with Gasteiger partial charge in [0.25, 0.3) is 0 Å². The Morgan fingerprint density at radius 3 is 2.03 bits per heavy atom. The van der Waals surface area contributed by atoms with Gasteiger partial charge in [-0.15, -0.1) is 11.6 Å². The Labute approximate surface area is 460 Å². The first-order valence-electron chi connectivity index (χ1n) is 29.7. The van der Waals surface area contributed by atoms with E-state index >= 15 is 0 Å². The van der Waals surface area contributed by atoms with E-state index in [1.807, 2.05) is 61.7 Å². The molecule has 0 unspecified atom stereocenters. The number of nitrogens with zero attached hydrogens (tertiary/aromatic N) is 2. The van der Waals surface area contributed by atoms with Crippen LogP contribution in [-0.2, 0) is 21.1 Å². The summed E-state index contributed by atoms with van der Waals surface area (Å²) in [6, 6.07) is 47.1. The molecular weight excluding hydrogens is 1070 g/mol. The monoisotopic (exact) mass is 1150 g/mol. The number of aromatic nitrogens is 2. The average molecular weight is 1150 g/mol. The van der Waals surface area contributed by atoms with Crippen molar-refractivity contribution in [1.82, 2.24) is 9.97 Å². The zero-order valence-corrected chi connectivity index (χ0v) is 45.0. The summed E-state index contributed by atoms with van der Waals surface area (Å²) >= 11 is 0. The molecule has 1 aliphatic carbocycles. The van der Waals surface area contributed by atoms with Crippen LogP contribution in [0, 0.1) is 69.7 Å². The van der Waals surface area contributed by atoms with Crippen LogP contribution in [0.2, 0.25) is 0 Å². The molecule has 0 aliphatic heterocycles. The van der Waals surface area contributed by atoms with Crippen LogP contribution in [0.5, 0.6) is 11.5 Å². The van der Waals surface area contributed by atoms with Crippen molar-refractivity contribution < 1.29 is 43.9 Å². The molecule has 0 bridgehead atoms. The predicted octanol–water partition coefficient (Wildman–Crippen LogP) is 19.1. The Bertz CT molecular complexity index is 4170. The second-order valence-electron chi connectivity index (χ2n) is 21.7. The molecule has 1 fully saturated rings. The summed E-state index contributed by atoms with van der Waals surface area (Å²) in [5.74, 6) is -0.794. The number of furan rings is 1. The minimum Gasteiger partial charge on any atom is -0.500 e. The van der Waals surface area contributed by atoms with Crippen LogP contribution in [0.25, 0.3) is 88.6 Å². The number of pyridine rings is 2. The van der Waals surface area contributed by atoms with Crippen molar-refractivity contribution in [2.75, 3.05) is 0 Å². The van der Waals surface area contributed by atoms with Crippen molar-refractivity contribution >= 4 is 32.7 Å². The first-order chi connectivity index (χ1) is 38.3. The maximum Gasteiger partial charge on any atom is 2.00 e. The third-order valence-electron chi connectivity index (χ3n) is 16.4. The molecule has 5 heteroatoms. The molecule has 0 N–H and O–H groups in total. The van der Waals surface area contributed by atoms with Crippen molar-refractivity contribution in [2.24, 2.45) is 16.2 Å². The number of aryl methyl sites for hydroxylation is 5. The van der Waals surface area contributed by atoms with Crippen molar-refractivity contribution in [3.05, 3.63) is 191 Å². The summed E-state index contributed by atoms with van der Waals surface area (Å²) in [6.45, 7) is 11.9. The van der Waals surface area contributed by atoms with E-state index in [0.29, 0.717) is 33.4 Å². The molecule has 0 radical (unpaired) electrons. The van der Waals surface area contributed by atoms with Crippen LogP contribution in [-0.4, -0.2) is 9.97 Å². The fourth-order valence-corrected chi connectivity index (χ4v) is 11.1. The van der Waals surface area contributed by atoms with Crippen molar-refractivity contribution in [3.8, 4) is 67.4 Å². The Hall–Kier alpha value is -6.61. The summed E-state index contributed by atoms with van der Waals surface area (Å²) in [5, 5.41) is 3.30. The third kappa shape index (κ3) is 8.74. The van der Waals surface area contributed by atoms with Crippen molar-refractivity contribution in [2.45, 2.75) is 102 Å². The van der Waals surface area contributed by atoms with Gasteiger partial charge in [-0.2, -0.15) is 0 Å². The van der Waals surface area contributed by atoms with Crippen LogP contribution in [0.3, 0.4) is 0 Å². The molecule has 368 valence electrons. The minimum absolute atomic E-state index is 0. The summed E-state index contributed by atoms with van der Waals surface area (Å²) in [4.78, 5) is 9.45. The van der Waals surface area contributed by atoms with Gasteiger partial charge in [0.15, 0.2) is 0 Å². The van der Waals surface area contributed by atoms with E-state index in [0.717, 1.165) is 79.7 Å². The van der Waals surface area contributed by atoms with Crippen LogP contribution < -0.4 is 4.74 Å². The molecule has 11 rings (SSSR count). The van der Waals surface area contributed by atoms with Crippen molar-refractivity contribution in [1.29, 1.82) is 0 Å². The zero-order chi connectivity index (χ0) is 58.9. The van der Waals surface area contributed by atoms with E-state index in [2.05, 4.69) is 109 Å². The number of rotatable bonds is 8. The van der Waals surface area contributed by atoms with Gasteiger partial charge in [0, 0.05) is 48.4 Å². The Morgan fingerprint density at radius 2 is 1.29 bits per heavy atom. The Balaban J connectivity index is 0.00000769. The molecule has 7 aromatic carbocycles. The van der Waals surface area contributed by atoms with E-state index in [4.69, 9.17) is 26.5 Å². The topological polar surface area (TPSA) is 48.2 Å². The second kappa shape index (κ2) is 18.7. The predicted molar refractivity (Wildman–Crippen MR) is 300 cm³/mol. The van der Waals surface area contributed by atoms with Crippen LogP contribution >= 0.6 is 0 Å². The smallest absolute Gasteiger partial charge is 0.500 e. The van der Waals surface area contributed by atoms with E-state index in [9.17, 15) is 1.37 Å². The van der Waals surface area contributed by atoms with Gasteiger partial charge in [0.05, 0.1) is 5.58 Å². The average Bonchev–Trinajstić information content (AvgIpc) is 1.81. The number of hydrogen-bond donors (Lipinski definition) is 0. The molecule has 3 heterocycles. The van der Waals surface area contributed by atoms with Gasteiger partial charge in [-0.1, -0.05) is 209 Å². The maximum atomic E-state index is 9.92. The van der Waals surface area contributed by atoms with Gasteiger partial charge in [-0.05, 0) is 142 Å². The van der Waals surface area contributed by atoms with Crippen LogP contribution in [0.4, 0.5) is 0 Å². The number of hydrogen-bond acceptors (Lipinski definition) is 4. The molecule has 73 heavy (non-hydrogen) atoms. The first-order valence-corrected chi connectivity index (χ1v) is 24.7. The molecule has 4 nitrogen and oxygen atoms in total. The fraction of sp³-hybridized carbons (Fsp3) is 0.265. The van der Waals surface area contributed by atoms with E-state index in [-0.39, 0.29) is 71.2 Å². The molecule has 1 aliphatic rings. The van der Waals surface area contributed by atoms with Crippen molar-refractivity contribution in [3.63, 3.8) is 0 Å². The minimum atomic E-state index is -2.82. The molecule has 10 aromatic rings. The van der Waals surface area contributed by atoms with E-state index in [1.165, 1.54) is 6.07 Å². The second-order valence-corrected chi connectivity index (χ2v) is 21.7. The fourth-order valence-electron chi connectivity index (χ4n) is 11.1. The molecule has 3 aromatic heterocycles. The van der Waals surface area contributed by atoms with Crippen LogP contribution in [0.15, 0.2) is 144 Å². The normalized spacial score (nSPS) is 18.2. The Kier molecular flexibility index (Phi) is 9.98. The Morgan fingerprint density at radius 1 is 0.575 bits per heavy atom. The third-order valence-corrected chi connectivity index (χ3v) is 16.4. The standard InChI is InChI=1S/C68H64N2O2.Pt/c1-40-30-61(69-38-43(40)4)50-31-58(46-18-14-13-15-19-46)45(6)63(32-50)71-52-33-59-56-27-22-47-20-16-17-21-55(47)64(56)72-65(59)60(34-52)62-35-57(44(5)39-70-62)54-26-24-49(29-42(54)3)53-25-23-48(28-41(53)2)51-36-66(7,8)68(11,12)67(9,10)37-51;/h13-31,33,35,38-39,51H,36-37H2,1-12H3;/q-2;+2/i1D3,4D3,6D3,51D;. The van der Waals surface area contributed by atoms with Gasteiger partial charge >= 0.3 is 21.1 Å². The first kappa shape index (κ1) is 38.9. The van der Waals surface area contributed by atoms with Gasteiger partial charge in [0.1, 0.15) is 5.58 Å². The van der Waals surface area contributed by atoms with Gasteiger partial charge in [-0.3, -0.25) is 0 Å². The molecule has 0 saturated heterocycles. The summed E-state index contributed by atoms with van der Waals surface area (Å²) in [7, 11) is 0. The zero-order valence-electron chi connectivity index (χ0n) is 52.7. The number of ether oxygens (including phenoxy) is 1. The van der Waals surface area contributed by atoms with E-state index in [1.54, 1.807) is 36.4 Å². The molecular formula is C68H64N2O2Pt. The summed E-state index contributed by atoms with van der Waals surface area (Å²) < 4.78 is 99.7. The molecule has 0 spiro atoms. The van der Waals surface area contributed by atoms with Gasteiger partial charge in [0.2, 0.25) is 0 Å². The number of fused-ring (bicyclic) bond motifs is 5.